The Morgan fingerprint density at radius 1 is 1.32 bits per heavy atom. The van der Waals surface area contributed by atoms with Crippen LogP contribution in [0.5, 0.6) is 0 Å². The Bertz CT molecular complexity index is 459. The van der Waals surface area contributed by atoms with Gasteiger partial charge in [-0.15, -0.1) is 0 Å². The van der Waals surface area contributed by atoms with Crippen molar-refractivity contribution in [1.29, 1.82) is 0 Å². The van der Waals surface area contributed by atoms with Gasteiger partial charge in [0.2, 0.25) is 0 Å². The van der Waals surface area contributed by atoms with Gasteiger partial charge in [-0.1, -0.05) is 12.8 Å². The molecule has 1 aliphatic carbocycles. The van der Waals surface area contributed by atoms with Gasteiger partial charge in [0.25, 0.3) is 5.91 Å². The molecule has 1 amide bonds. The van der Waals surface area contributed by atoms with Gasteiger partial charge in [0.05, 0.1) is 12.2 Å². The van der Waals surface area contributed by atoms with Crippen molar-refractivity contribution in [3.05, 3.63) is 35.4 Å². The molecule has 1 saturated carbocycles. The van der Waals surface area contributed by atoms with E-state index in [4.69, 9.17) is 5.11 Å². The Kier molecular flexibility index (Phi) is 4.47. The Balaban J connectivity index is 2.25. The van der Waals surface area contributed by atoms with Gasteiger partial charge in [-0.3, -0.25) is 4.79 Å². The van der Waals surface area contributed by atoms with Crippen LogP contribution in [0.2, 0.25) is 0 Å². The molecule has 0 bridgehead atoms. The molecule has 0 unspecified atom stereocenters. The fraction of sp³-hybridized carbons (Fsp3) is 0.500. The summed E-state index contributed by atoms with van der Waals surface area (Å²) in [5.74, 6) is -1.91. The third kappa shape index (κ3) is 3.10. The first-order valence-corrected chi connectivity index (χ1v) is 6.50. The SMILES string of the molecule is O=C(c1cc(F)ccc1F)N(CCO)C1CCCC1. The lowest BCUT2D eigenvalue weighted by Gasteiger charge is -2.28. The maximum atomic E-state index is 13.6. The number of benzene rings is 1. The zero-order valence-corrected chi connectivity index (χ0v) is 10.6. The number of carbonyl (C=O) groups excluding carboxylic acids is 1. The van der Waals surface area contributed by atoms with Crippen LogP contribution in [0.25, 0.3) is 0 Å². The van der Waals surface area contributed by atoms with E-state index >= 15 is 0 Å². The number of carbonyl (C=O) groups is 1. The maximum absolute atomic E-state index is 13.6. The predicted molar refractivity (Wildman–Crippen MR) is 66.7 cm³/mol. The van der Waals surface area contributed by atoms with Crippen LogP contribution < -0.4 is 0 Å². The molecule has 0 atom stereocenters. The van der Waals surface area contributed by atoms with E-state index in [0.29, 0.717) is 0 Å². The summed E-state index contributed by atoms with van der Waals surface area (Å²) >= 11 is 0. The van der Waals surface area contributed by atoms with E-state index < -0.39 is 17.5 Å². The van der Waals surface area contributed by atoms with Crippen LogP contribution in [0.15, 0.2) is 18.2 Å². The van der Waals surface area contributed by atoms with Crippen LogP contribution in [0.4, 0.5) is 8.78 Å². The fourth-order valence-electron chi connectivity index (χ4n) is 2.59. The smallest absolute Gasteiger partial charge is 0.257 e. The second-order valence-electron chi connectivity index (χ2n) is 4.78. The topological polar surface area (TPSA) is 40.5 Å². The van der Waals surface area contributed by atoms with Crippen molar-refractivity contribution < 1.29 is 18.7 Å². The summed E-state index contributed by atoms with van der Waals surface area (Å²) < 4.78 is 26.8. The Labute approximate surface area is 110 Å². The highest BCUT2D eigenvalue weighted by Crippen LogP contribution is 2.25. The molecule has 104 valence electrons. The zero-order chi connectivity index (χ0) is 13.8. The highest BCUT2D eigenvalue weighted by molar-refractivity contribution is 5.94. The van der Waals surface area contributed by atoms with Gasteiger partial charge in [0.1, 0.15) is 11.6 Å². The highest BCUT2D eigenvalue weighted by atomic mass is 19.1. The number of rotatable bonds is 4. The number of hydrogen-bond donors (Lipinski definition) is 1. The van der Waals surface area contributed by atoms with Crippen LogP contribution >= 0.6 is 0 Å². The Morgan fingerprint density at radius 2 is 2.00 bits per heavy atom. The van der Waals surface area contributed by atoms with Gasteiger partial charge >= 0.3 is 0 Å². The third-order valence-electron chi connectivity index (χ3n) is 3.53. The number of aliphatic hydroxyl groups is 1. The number of nitrogens with zero attached hydrogens (tertiary/aromatic N) is 1. The van der Waals surface area contributed by atoms with Gasteiger partial charge in [0.15, 0.2) is 0 Å². The predicted octanol–water partition coefficient (Wildman–Crippen LogP) is 2.34. The highest BCUT2D eigenvalue weighted by Gasteiger charge is 2.28. The van der Waals surface area contributed by atoms with Crippen LogP contribution in [0.1, 0.15) is 36.0 Å². The lowest BCUT2D eigenvalue weighted by molar-refractivity contribution is 0.0632. The molecule has 19 heavy (non-hydrogen) atoms. The molecular formula is C14H17F2NO2. The molecule has 1 aromatic carbocycles. The minimum atomic E-state index is -0.729. The van der Waals surface area contributed by atoms with Crippen molar-refractivity contribution >= 4 is 5.91 Å². The molecule has 5 heteroatoms. The second kappa shape index (κ2) is 6.10. The Hall–Kier alpha value is -1.49. The second-order valence-corrected chi connectivity index (χ2v) is 4.78. The first kappa shape index (κ1) is 13.9. The summed E-state index contributed by atoms with van der Waals surface area (Å²) in [7, 11) is 0. The molecule has 1 aliphatic rings. The lowest BCUT2D eigenvalue weighted by atomic mass is 10.1. The molecule has 0 radical (unpaired) electrons. The number of amides is 1. The molecule has 1 fully saturated rings. The molecule has 1 N–H and O–H groups in total. The van der Waals surface area contributed by atoms with Crippen molar-refractivity contribution in [2.24, 2.45) is 0 Å². The third-order valence-corrected chi connectivity index (χ3v) is 3.53. The molecular weight excluding hydrogens is 252 g/mol. The van der Waals surface area contributed by atoms with E-state index in [1.807, 2.05) is 0 Å². The fourth-order valence-corrected chi connectivity index (χ4v) is 2.59. The molecule has 0 heterocycles. The molecule has 2 rings (SSSR count). The first-order chi connectivity index (χ1) is 9.13. The van der Waals surface area contributed by atoms with Crippen LogP contribution in [0, 0.1) is 11.6 Å². The number of halogens is 2. The van der Waals surface area contributed by atoms with E-state index in [1.165, 1.54) is 4.90 Å². The summed E-state index contributed by atoms with van der Waals surface area (Å²) in [6.07, 6.45) is 3.74. The maximum Gasteiger partial charge on any atom is 0.257 e. The molecule has 3 nitrogen and oxygen atoms in total. The van der Waals surface area contributed by atoms with Crippen LogP contribution in [0.3, 0.4) is 0 Å². The van der Waals surface area contributed by atoms with Crippen molar-refractivity contribution in [2.45, 2.75) is 31.7 Å². The van der Waals surface area contributed by atoms with E-state index in [2.05, 4.69) is 0 Å². The van der Waals surface area contributed by atoms with Crippen molar-refractivity contribution in [1.82, 2.24) is 4.90 Å². The summed E-state index contributed by atoms with van der Waals surface area (Å²) in [5.41, 5.74) is -0.264. The summed E-state index contributed by atoms with van der Waals surface area (Å²) in [6.45, 7) is -0.0291. The lowest BCUT2D eigenvalue weighted by Crippen LogP contribution is -2.41. The van der Waals surface area contributed by atoms with Crippen molar-refractivity contribution in [2.75, 3.05) is 13.2 Å². The van der Waals surface area contributed by atoms with Gasteiger partial charge in [-0.2, -0.15) is 0 Å². The monoisotopic (exact) mass is 269 g/mol. The zero-order valence-electron chi connectivity index (χ0n) is 10.6. The van der Waals surface area contributed by atoms with Gasteiger partial charge in [-0.25, -0.2) is 8.78 Å². The normalized spacial score (nSPS) is 15.7. The molecule has 0 spiro atoms. The van der Waals surface area contributed by atoms with E-state index in [1.54, 1.807) is 0 Å². The molecule has 0 aliphatic heterocycles. The average Bonchev–Trinajstić information content (AvgIpc) is 2.92. The Morgan fingerprint density at radius 3 is 2.63 bits per heavy atom. The number of aliphatic hydroxyl groups excluding tert-OH is 1. The summed E-state index contributed by atoms with van der Waals surface area (Å²) in [6, 6.07) is 2.87. The molecule has 0 saturated heterocycles. The van der Waals surface area contributed by atoms with E-state index in [0.717, 1.165) is 43.9 Å². The minimum Gasteiger partial charge on any atom is -0.395 e. The largest absolute Gasteiger partial charge is 0.395 e. The average molecular weight is 269 g/mol. The number of hydrogen-bond acceptors (Lipinski definition) is 2. The van der Waals surface area contributed by atoms with Gasteiger partial charge in [0, 0.05) is 12.6 Å². The summed E-state index contributed by atoms with van der Waals surface area (Å²) in [5, 5.41) is 9.05. The van der Waals surface area contributed by atoms with Crippen molar-refractivity contribution in [3.63, 3.8) is 0 Å². The van der Waals surface area contributed by atoms with Gasteiger partial charge in [-0.05, 0) is 31.0 Å². The van der Waals surface area contributed by atoms with Crippen LogP contribution in [-0.2, 0) is 0 Å². The van der Waals surface area contributed by atoms with Crippen LogP contribution in [-0.4, -0.2) is 35.1 Å². The molecule has 1 aromatic rings. The summed E-state index contributed by atoms with van der Waals surface area (Å²) in [4.78, 5) is 13.8. The van der Waals surface area contributed by atoms with Crippen molar-refractivity contribution in [3.8, 4) is 0 Å². The quantitative estimate of drug-likeness (QED) is 0.911. The minimum absolute atomic E-state index is 0.0160. The van der Waals surface area contributed by atoms with E-state index in [-0.39, 0.29) is 24.8 Å². The standard InChI is InChI=1S/C14H17F2NO2/c15-10-5-6-13(16)12(9-10)14(19)17(7-8-18)11-3-1-2-4-11/h5-6,9,11,18H,1-4,7-8H2. The van der Waals surface area contributed by atoms with Gasteiger partial charge < -0.3 is 10.0 Å². The van der Waals surface area contributed by atoms with E-state index in [9.17, 15) is 13.6 Å². The first-order valence-electron chi connectivity index (χ1n) is 6.50. The molecule has 0 aromatic heterocycles.